The number of piperidine rings is 1. The predicted molar refractivity (Wildman–Crippen MR) is 126 cm³/mol. The first-order chi connectivity index (χ1) is 15.6. The van der Waals surface area contributed by atoms with E-state index in [4.69, 9.17) is 4.74 Å². The maximum absolute atomic E-state index is 13.0. The van der Waals surface area contributed by atoms with Crippen LogP contribution < -0.4 is 10.1 Å². The van der Waals surface area contributed by atoms with Crippen molar-refractivity contribution in [1.29, 1.82) is 0 Å². The number of carbonyl (C=O) groups excluding carboxylic acids is 2. The Morgan fingerprint density at radius 2 is 1.69 bits per heavy atom. The number of pyridine rings is 1. The Balaban J connectivity index is 1.34. The predicted octanol–water partition coefficient (Wildman–Crippen LogP) is 4.46. The van der Waals surface area contributed by atoms with E-state index in [2.05, 4.69) is 26.2 Å². The minimum Gasteiger partial charge on any atom is -0.488 e. The lowest BCUT2D eigenvalue weighted by Crippen LogP contribution is -2.46. The molecule has 0 saturated carbocycles. The van der Waals surface area contributed by atoms with Crippen molar-refractivity contribution in [3.8, 4) is 5.75 Å². The van der Waals surface area contributed by atoms with Gasteiger partial charge in [-0.2, -0.15) is 0 Å². The second kappa shape index (κ2) is 10.4. The van der Waals surface area contributed by atoms with E-state index in [0.29, 0.717) is 49.4 Å². The van der Waals surface area contributed by atoms with Crippen molar-refractivity contribution >= 4 is 27.7 Å². The number of hydrogen-bond acceptors (Lipinski definition) is 4. The van der Waals surface area contributed by atoms with Crippen LogP contribution in [0.4, 0.5) is 0 Å². The molecule has 6 nitrogen and oxygen atoms in total. The van der Waals surface area contributed by atoms with Gasteiger partial charge in [0.05, 0.1) is 5.56 Å². The molecule has 3 aromatic rings. The van der Waals surface area contributed by atoms with Crippen molar-refractivity contribution in [2.24, 2.45) is 0 Å². The van der Waals surface area contributed by atoms with Gasteiger partial charge >= 0.3 is 0 Å². The summed E-state index contributed by atoms with van der Waals surface area (Å²) in [5.74, 6) is 0.390. The summed E-state index contributed by atoms with van der Waals surface area (Å²) in [7, 11) is 0. The van der Waals surface area contributed by atoms with Gasteiger partial charge in [0.25, 0.3) is 11.8 Å². The number of halogens is 1. The van der Waals surface area contributed by atoms with Crippen LogP contribution in [0.15, 0.2) is 77.5 Å². The van der Waals surface area contributed by atoms with Crippen LogP contribution in [0, 0.1) is 0 Å². The van der Waals surface area contributed by atoms with Gasteiger partial charge in [-0.1, -0.05) is 46.3 Å². The van der Waals surface area contributed by atoms with E-state index in [1.54, 1.807) is 30.6 Å². The molecule has 0 bridgehead atoms. The minimum atomic E-state index is -0.161. The van der Waals surface area contributed by atoms with E-state index in [0.717, 1.165) is 10.0 Å². The molecule has 1 saturated heterocycles. The molecular formula is C25H24BrN3O3. The average molecular weight is 494 g/mol. The molecule has 0 aliphatic carbocycles. The Hall–Kier alpha value is -3.19. The Morgan fingerprint density at radius 3 is 2.44 bits per heavy atom. The second-order valence-electron chi connectivity index (χ2n) is 7.65. The zero-order valence-electron chi connectivity index (χ0n) is 17.5. The topological polar surface area (TPSA) is 71.5 Å². The van der Waals surface area contributed by atoms with Crippen molar-refractivity contribution in [3.63, 3.8) is 0 Å². The number of para-hydroxylation sites is 1. The van der Waals surface area contributed by atoms with Gasteiger partial charge < -0.3 is 15.0 Å². The van der Waals surface area contributed by atoms with E-state index in [-0.39, 0.29) is 17.9 Å². The molecule has 4 rings (SSSR count). The van der Waals surface area contributed by atoms with Gasteiger partial charge in [-0.3, -0.25) is 14.6 Å². The molecule has 7 heteroatoms. The van der Waals surface area contributed by atoms with Gasteiger partial charge in [-0.05, 0) is 43.2 Å². The summed E-state index contributed by atoms with van der Waals surface area (Å²) in [4.78, 5) is 31.3. The summed E-state index contributed by atoms with van der Waals surface area (Å²) in [5, 5.41) is 3.11. The second-order valence-corrected chi connectivity index (χ2v) is 8.51. The molecule has 1 aliphatic heterocycles. The SMILES string of the molecule is O=C(NC1CCN(C(=O)c2ccncc2)CC1)c1ccccc1OCc1ccccc1Br. The summed E-state index contributed by atoms with van der Waals surface area (Å²) < 4.78 is 6.93. The fourth-order valence-corrected chi connectivity index (χ4v) is 4.12. The Labute approximate surface area is 195 Å². The maximum Gasteiger partial charge on any atom is 0.255 e. The van der Waals surface area contributed by atoms with Gasteiger partial charge in [0.1, 0.15) is 12.4 Å². The fraction of sp³-hybridized carbons (Fsp3) is 0.240. The Bertz CT molecular complexity index is 1080. The highest BCUT2D eigenvalue weighted by molar-refractivity contribution is 9.10. The zero-order valence-corrected chi connectivity index (χ0v) is 19.1. The van der Waals surface area contributed by atoms with E-state index < -0.39 is 0 Å². The molecular weight excluding hydrogens is 470 g/mol. The molecule has 1 N–H and O–H groups in total. The highest BCUT2D eigenvalue weighted by atomic mass is 79.9. The van der Waals surface area contributed by atoms with E-state index in [1.807, 2.05) is 47.4 Å². The number of nitrogens with zero attached hydrogens (tertiary/aromatic N) is 2. The number of rotatable bonds is 6. The molecule has 0 unspecified atom stereocenters. The summed E-state index contributed by atoms with van der Waals surface area (Å²) in [6.45, 7) is 1.57. The van der Waals surface area contributed by atoms with Gasteiger partial charge in [0.2, 0.25) is 0 Å². The van der Waals surface area contributed by atoms with Crippen molar-refractivity contribution in [2.45, 2.75) is 25.5 Å². The van der Waals surface area contributed by atoms with Gasteiger partial charge in [0, 0.05) is 47.1 Å². The summed E-state index contributed by atoms with van der Waals surface area (Å²) in [5.41, 5.74) is 2.16. The number of likely N-dealkylation sites (tertiary alicyclic amines) is 1. The van der Waals surface area contributed by atoms with Crippen molar-refractivity contribution in [2.75, 3.05) is 13.1 Å². The van der Waals surface area contributed by atoms with Gasteiger partial charge in [0.15, 0.2) is 0 Å². The van der Waals surface area contributed by atoms with E-state index >= 15 is 0 Å². The first-order valence-electron chi connectivity index (χ1n) is 10.6. The quantitative estimate of drug-likeness (QED) is 0.550. The molecule has 1 aliphatic rings. The number of carbonyl (C=O) groups is 2. The van der Waals surface area contributed by atoms with Crippen LogP contribution in [0.5, 0.6) is 5.75 Å². The number of aromatic nitrogens is 1. The molecule has 0 radical (unpaired) electrons. The molecule has 0 spiro atoms. The number of nitrogens with one attached hydrogen (secondary N) is 1. The van der Waals surface area contributed by atoms with Crippen LogP contribution in [0.2, 0.25) is 0 Å². The summed E-state index contributed by atoms with van der Waals surface area (Å²) in [6.07, 6.45) is 4.66. The third-order valence-electron chi connectivity index (χ3n) is 5.52. The van der Waals surface area contributed by atoms with Crippen molar-refractivity contribution in [1.82, 2.24) is 15.2 Å². The highest BCUT2D eigenvalue weighted by Gasteiger charge is 2.25. The molecule has 0 atom stereocenters. The molecule has 1 fully saturated rings. The molecule has 1 aromatic heterocycles. The van der Waals surface area contributed by atoms with Crippen LogP contribution in [0.3, 0.4) is 0 Å². The Morgan fingerprint density at radius 1 is 1.00 bits per heavy atom. The van der Waals surface area contributed by atoms with E-state index in [9.17, 15) is 9.59 Å². The van der Waals surface area contributed by atoms with Crippen LogP contribution in [-0.4, -0.2) is 40.8 Å². The largest absolute Gasteiger partial charge is 0.488 e. The number of ether oxygens (including phenoxy) is 1. The maximum atomic E-state index is 13.0. The zero-order chi connectivity index (χ0) is 22.3. The fourth-order valence-electron chi connectivity index (χ4n) is 3.72. The van der Waals surface area contributed by atoms with Crippen LogP contribution in [-0.2, 0) is 6.61 Å². The first kappa shape index (κ1) is 22.0. The van der Waals surface area contributed by atoms with Crippen molar-refractivity contribution < 1.29 is 14.3 Å². The lowest BCUT2D eigenvalue weighted by Gasteiger charge is -2.32. The average Bonchev–Trinajstić information content (AvgIpc) is 2.84. The normalized spacial score (nSPS) is 14.1. The van der Waals surface area contributed by atoms with Crippen LogP contribution in [0.1, 0.15) is 39.1 Å². The molecule has 2 amide bonds. The summed E-state index contributed by atoms with van der Waals surface area (Å²) in [6, 6.07) is 18.6. The molecule has 2 heterocycles. The smallest absolute Gasteiger partial charge is 0.255 e. The number of benzene rings is 2. The van der Waals surface area contributed by atoms with Crippen LogP contribution in [0.25, 0.3) is 0 Å². The van der Waals surface area contributed by atoms with E-state index in [1.165, 1.54) is 0 Å². The lowest BCUT2D eigenvalue weighted by atomic mass is 10.0. The highest BCUT2D eigenvalue weighted by Crippen LogP contribution is 2.23. The first-order valence-corrected chi connectivity index (χ1v) is 11.4. The Kier molecular flexibility index (Phi) is 7.17. The third-order valence-corrected chi connectivity index (χ3v) is 6.29. The summed E-state index contributed by atoms with van der Waals surface area (Å²) >= 11 is 3.52. The minimum absolute atomic E-state index is 0.00277. The van der Waals surface area contributed by atoms with Gasteiger partial charge in [-0.15, -0.1) is 0 Å². The standard InChI is InChI=1S/C25H24BrN3O3/c26-22-7-3-1-5-19(22)17-32-23-8-4-2-6-21(23)24(30)28-20-11-15-29(16-12-20)25(31)18-9-13-27-14-10-18/h1-10,13-14,20H,11-12,15-17H2,(H,28,30). The van der Waals surface area contributed by atoms with Gasteiger partial charge in [-0.25, -0.2) is 0 Å². The molecule has 32 heavy (non-hydrogen) atoms. The number of hydrogen-bond donors (Lipinski definition) is 1. The van der Waals surface area contributed by atoms with Crippen LogP contribution >= 0.6 is 15.9 Å². The molecule has 164 valence electrons. The lowest BCUT2D eigenvalue weighted by molar-refractivity contribution is 0.0697. The monoisotopic (exact) mass is 493 g/mol. The third kappa shape index (κ3) is 5.34. The number of amides is 2. The van der Waals surface area contributed by atoms with Crippen molar-refractivity contribution in [3.05, 3.63) is 94.2 Å². The molecule has 2 aromatic carbocycles.